The Morgan fingerprint density at radius 3 is 2.75 bits per heavy atom. The molecule has 0 N–H and O–H groups in total. The molecule has 0 bridgehead atoms. The third-order valence-electron chi connectivity index (χ3n) is 4.80. The second-order valence-corrected chi connectivity index (χ2v) is 7.42. The minimum Gasteiger partial charge on any atom is -0.492 e. The molecule has 0 saturated carbocycles. The molecule has 1 aliphatic rings. The summed E-state index contributed by atoms with van der Waals surface area (Å²) < 4.78 is 5.92. The van der Waals surface area contributed by atoms with Crippen molar-refractivity contribution >= 4 is 5.91 Å². The Balaban J connectivity index is 1.75. The molecule has 0 aliphatic carbocycles. The summed E-state index contributed by atoms with van der Waals surface area (Å²) in [6, 6.07) is 6.60. The number of piperidine rings is 1. The van der Waals surface area contributed by atoms with Gasteiger partial charge in [0.25, 0.3) is 0 Å². The van der Waals surface area contributed by atoms with Crippen LogP contribution in [0.5, 0.6) is 5.75 Å². The number of nitrogens with zero attached hydrogens (tertiary/aromatic N) is 2. The van der Waals surface area contributed by atoms with Gasteiger partial charge in [-0.05, 0) is 58.7 Å². The third kappa shape index (κ3) is 5.23. The van der Waals surface area contributed by atoms with E-state index in [4.69, 9.17) is 4.74 Å². The highest BCUT2D eigenvalue weighted by Crippen LogP contribution is 2.21. The van der Waals surface area contributed by atoms with Crippen molar-refractivity contribution in [3.05, 3.63) is 29.3 Å². The highest BCUT2D eigenvalue weighted by Gasteiger charge is 2.27. The highest BCUT2D eigenvalue weighted by atomic mass is 16.5. The lowest BCUT2D eigenvalue weighted by Gasteiger charge is -2.37. The summed E-state index contributed by atoms with van der Waals surface area (Å²) in [6.45, 7) is 11.9. The summed E-state index contributed by atoms with van der Waals surface area (Å²) in [5, 5.41) is 0. The van der Waals surface area contributed by atoms with E-state index < -0.39 is 0 Å². The summed E-state index contributed by atoms with van der Waals surface area (Å²) in [5.41, 5.74) is 2.45. The number of aryl methyl sites for hydroxylation is 2. The second-order valence-electron chi connectivity index (χ2n) is 7.42. The van der Waals surface area contributed by atoms with Gasteiger partial charge in [-0.1, -0.05) is 17.7 Å². The second kappa shape index (κ2) is 8.52. The fourth-order valence-corrected chi connectivity index (χ4v) is 3.40. The van der Waals surface area contributed by atoms with Gasteiger partial charge in [-0.25, -0.2) is 0 Å². The van der Waals surface area contributed by atoms with E-state index in [2.05, 4.69) is 57.8 Å². The molecule has 1 fully saturated rings. The van der Waals surface area contributed by atoms with Gasteiger partial charge in [0.05, 0.1) is 0 Å². The zero-order valence-corrected chi connectivity index (χ0v) is 15.8. The number of amides is 1. The smallest absolute Gasteiger partial charge is 0.222 e. The molecule has 24 heavy (non-hydrogen) atoms. The number of carbonyl (C=O) groups is 1. The first-order chi connectivity index (χ1) is 11.4. The van der Waals surface area contributed by atoms with Crippen molar-refractivity contribution in [3.8, 4) is 5.75 Å². The largest absolute Gasteiger partial charge is 0.492 e. The van der Waals surface area contributed by atoms with Crippen LogP contribution >= 0.6 is 0 Å². The zero-order valence-electron chi connectivity index (χ0n) is 15.8. The van der Waals surface area contributed by atoms with Crippen LogP contribution in [0.3, 0.4) is 0 Å². The quantitative estimate of drug-likeness (QED) is 0.768. The molecule has 0 spiro atoms. The Kier molecular flexibility index (Phi) is 6.67. The molecule has 0 aromatic heterocycles. The lowest BCUT2D eigenvalue weighted by atomic mass is 9.96. The summed E-state index contributed by atoms with van der Waals surface area (Å²) in [6.07, 6.45) is 1.69. The van der Waals surface area contributed by atoms with Gasteiger partial charge in [0.1, 0.15) is 12.4 Å². The Labute approximate surface area is 146 Å². The predicted octanol–water partition coefficient (Wildman–Crippen LogP) is 3.26. The predicted molar refractivity (Wildman–Crippen MR) is 98.5 cm³/mol. The fraction of sp³-hybridized carbons (Fsp3) is 0.650. The summed E-state index contributed by atoms with van der Waals surface area (Å²) in [4.78, 5) is 16.3. The van der Waals surface area contributed by atoms with Gasteiger partial charge in [-0.3, -0.25) is 4.79 Å². The minimum atomic E-state index is 0.304. The number of hydrogen-bond donors (Lipinski definition) is 0. The lowest BCUT2D eigenvalue weighted by Crippen LogP contribution is -2.46. The number of rotatable bonds is 7. The summed E-state index contributed by atoms with van der Waals surface area (Å²) in [7, 11) is 2.14. The van der Waals surface area contributed by atoms with Gasteiger partial charge in [0, 0.05) is 32.1 Å². The highest BCUT2D eigenvalue weighted by molar-refractivity contribution is 5.77. The Morgan fingerprint density at radius 2 is 2.08 bits per heavy atom. The number of carbonyl (C=O) groups excluding carboxylic acids is 1. The average Bonchev–Trinajstić information content (AvgIpc) is 2.51. The van der Waals surface area contributed by atoms with E-state index in [0.29, 0.717) is 30.9 Å². The first-order valence-electron chi connectivity index (χ1n) is 9.05. The molecule has 1 atom stereocenters. The Bertz CT molecular complexity index is 557. The number of ether oxygens (including phenoxy) is 1. The van der Waals surface area contributed by atoms with Crippen LogP contribution in [-0.2, 0) is 4.79 Å². The van der Waals surface area contributed by atoms with Crippen molar-refractivity contribution in [1.82, 2.24) is 9.80 Å². The normalized spacial score (nSPS) is 18.5. The summed E-state index contributed by atoms with van der Waals surface area (Å²) >= 11 is 0. The van der Waals surface area contributed by atoms with Crippen molar-refractivity contribution in [2.45, 2.75) is 46.6 Å². The van der Waals surface area contributed by atoms with Crippen LogP contribution in [0.4, 0.5) is 0 Å². The van der Waals surface area contributed by atoms with Gasteiger partial charge in [-0.15, -0.1) is 0 Å². The maximum absolute atomic E-state index is 11.9. The lowest BCUT2D eigenvalue weighted by molar-refractivity contribution is -0.136. The van der Waals surface area contributed by atoms with E-state index >= 15 is 0 Å². The molecule has 4 heteroatoms. The van der Waals surface area contributed by atoms with E-state index in [9.17, 15) is 4.79 Å². The van der Waals surface area contributed by atoms with Crippen LogP contribution < -0.4 is 4.74 Å². The van der Waals surface area contributed by atoms with E-state index in [-0.39, 0.29) is 0 Å². The van der Waals surface area contributed by atoms with Crippen LogP contribution in [0.2, 0.25) is 0 Å². The van der Waals surface area contributed by atoms with Crippen LogP contribution in [0.25, 0.3) is 0 Å². The zero-order chi connectivity index (χ0) is 17.7. The molecule has 1 amide bonds. The molecule has 1 heterocycles. The molecule has 1 aliphatic heterocycles. The van der Waals surface area contributed by atoms with E-state index in [0.717, 1.165) is 31.8 Å². The molecule has 1 aromatic carbocycles. The van der Waals surface area contributed by atoms with E-state index in [1.54, 1.807) is 0 Å². The Morgan fingerprint density at radius 1 is 1.33 bits per heavy atom. The van der Waals surface area contributed by atoms with Crippen molar-refractivity contribution in [2.24, 2.45) is 5.92 Å². The maximum atomic E-state index is 11.9. The van der Waals surface area contributed by atoms with Crippen molar-refractivity contribution in [3.63, 3.8) is 0 Å². The first-order valence-corrected chi connectivity index (χ1v) is 9.05. The summed E-state index contributed by atoms with van der Waals surface area (Å²) in [5.74, 6) is 1.85. The van der Waals surface area contributed by atoms with Crippen LogP contribution in [0, 0.1) is 19.8 Å². The molecule has 1 aromatic rings. The van der Waals surface area contributed by atoms with Gasteiger partial charge in [0.15, 0.2) is 0 Å². The Hall–Kier alpha value is -1.55. The SMILES string of the molecule is Cc1ccc(OCCN(C)CC2CCC(=O)N(C(C)C)C2)c(C)c1. The first kappa shape index (κ1) is 18.8. The van der Waals surface area contributed by atoms with E-state index in [1.807, 2.05) is 4.90 Å². The molecule has 1 saturated heterocycles. The van der Waals surface area contributed by atoms with Crippen LogP contribution in [0.15, 0.2) is 18.2 Å². The average molecular weight is 332 g/mol. The van der Waals surface area contributed by atoms with Gasteiger partial charge >= 0.3 is 0 Å². The molecule has 134 valence electrons. The molecule has 0 radical (unpaired) electrons. The molecular weight excluding hydrogens is 300 g/mol. The number of benzene rings is 1. The van der Waals surface area contributed by atoms with Gasteiger partial charge in [-0.2, -0.15) is 0 Å². The maximum Gasteiger partial charge on any atom is 0.222 e. The van der Waals surface area contributed by atoms with E-state index in [1.165, 1.54) is 11.1 Å². The van der Waals surface area contributed by atoms with Crippen molar-refractivity contribution in [2.75, 3.05) is 33.3 Å². The monoisotopic (exact) mass is 332 g/mol. The number of hydrogen-bond acceptors (Lipinski definition) is 3. The molecular formula is C20H32N2O2. The van der Waals surface area contributed by atoms with Crippen LogP contribution in [0.1, 0.15) is 37.8 Å². The standard InChI is InChI=1S/C20H32N2O2/c1-15(2)22-14-18(7-9-20(22)23)13-21(5)10-11-24-19-8-6-16(3)12-17(19)4/h6,8,12,15,18H,7,9-11,13-14H2,1-5H3. The molecule has 4 nitrogen and oxygen atoms in total. The van der Waals surface area contributed by atoms with Gasteiger partial charge in [0.2, 0.25) is 5.91 Å². The fourth-order valence-electron chi connectivity index (χ4n) is 3.40. The topological polar surface area (TPSA) is 32.8 Å². The van der Waals surface area contributed by atoms with Crippen molar-refractivity contribution < 1.29 is 9.53 Å². The number of likely N-dealkylation sites (tertiary alicyclic amines) is 1. The van der Waals surface area contributed by atoms with Gasteiger partial charge < -0.3 is 14.5 Å². The van der Waals surface area contributed by atoms with Crippen LogP contribution in [-0.4, -0.2) is 55.0 Å². The third-order valence-corrected chi connectivity index (χ3v) is 4.80. The number of likely N-dealkylation sites (N-methyl/N-ethyl adjacent to an activating group) is 1. The molecule has 2 rings (SSSR count). The minimum absolute atomic E-state index is 0.304. The molecule has 1 unspecified atom stereocenters. The van der Waals surface area contributed by atoms with Crippen molar-refractivity contribution in [1.29, 1.82) is 0 Å².